The SMILES string of the molecule is NC[C@H]1CC[C@@H](C(=O)NCCC(=O)NCc2ccccc2)O1. The highest BCUT2D eigenvalue weighted by molar-refractivity contribution is 5.82. The van der Waals surface area contributed by atoms with Crippen LogP contribution >= 0.6 is 0 Å². The molecule has 1 saturated heterocycles. The molecule has 4 N–H and O–H groups in total. The van der Waals surface area contributed by atoms with Gasteiger partial charge in [0, 0.05) is 26.1 Å². The van der Waals surface area contributed by atoms with E-state index in [0.29, 0.717) is 26.1 Å². The molecule has 0 spiro atoms. The summed E-state index contributed by atoms with van der Waals surface area (Å²) in [5.41, 5.74) is 6.56. The number of hydrogen-bond donors (Lipinski definition) is 3. The highest BCUT2D eigenvalue weighted by Gasteiger charge is 2.29. The second-order valence-corrected chi connectivity index (χ2v) is 5.36. The van der Waals surface area contributed by atoms with E-state index >= 15 is 0 Å². The van der Waals surface area contributed by atoms with Crippen LogP contribution in [0, 0.1) is 0 Å². The lowest BCUT2D eigenvalue weighted by Crippen LogP contribution is -2.37. The number of nitrogens with one attached hydrogen (secondary N) is 2. The number of nitrogens with two attached hydrogens (primary N) is 1. The van der Waals surface area contributed by atoms with Gasteiger partial charge in [0.25, 0.3) is 0 Å². The Labute approximate surface area is 130 Å². The van der Waals surface area contributed by atoms with Gasteiger partial charge in [-0.2, -0.15) is 0 Å². The Hall–Kier alpha value is -1.92. The predicted molar refractivity (Wildman–Crippen MR) is 82.9 cm³/mol. The van der Waals surface area contributed by atoms with E-state index in [2.05, 4.69) is 10.6 Å². The number of carbonyl (C=O) groups excluding carboxylic acids is 2. The first-order valence-corrected chi connectivity index (χ1v) is 7.63. The minimum atomic E-state index is -0.430. The molecular formula is C16H23N3O3. The second kappa shape index (κ2) is 8.51. The fourth-order valence-corrected chi connectivity index (χ4v) is 2.37. The van der Waals surface area contributed by atoms with E-state index in [4.69, 9.17) is 10.5 Å². The van der Waals surface area contributed by atoms with Crippen LogP contribution in [0.3, 0.4) is 0 Å². The maximum Gasteiger partial charge on any atom is 0.249 e. The molecular weight excluding hydrogens is 282 g/mol. The lowest BCUT2D eigenvalue weighted by atomic mass is 10.2. The maximum absolute atomic E-state index is 11.9. The zero-order valence-electron chi connectivity index (χ0n) is 12.6. The summed E-state index contributed by atoms with van der Waals surface area (Å²) in [5, 5.41) is 5.55. The van der Waals surface area contributed by atoms with Crippen LogP contribution < -0.4 is 16.4 Å². The Kier molecular flexibility index (Phi) is 6.36. The van der Waals surface area contributed by atoms with E-state index in [1.807, 2.05) is 30.3 Å². The molecule has 1 aromatic carbocycles. The minimum Gasteiger partial charge on any atom is -0.364 e. The summed E-state index contributed by atoms with van der Waals surface area (Å²) in [6.07, 6.45) is 1.30. The Bertz CT molecular complexity index is 493. The van der Waals surface area contributed by atoms with Crippen molar-refractivity contribution in [1.29, 1.82) is 0 Å². The first kappa shape index (κ1) is 16.5. The van der Waals surface area contributed by atoms with Crippen molar-refractivity contribution in [2.24, 2.45) is 5.73 Å². The van der Waals surface area contributed by atoms with Gasteiger partial charge in [0.2, 0.25) is 11.8 Å². The van der Waals surface area contributed by atoms with E-state index < -0.39 is 6.10 Å². The maximum atomic E-state index is 11.9. The van der Waals surface area contributed by atoms with Crippen LogP contribution in [-0.2, 0) is 20.9 Å². The van der Waals surface area contributed by atoms with Gasteiger partial charge in [-0.1, -0.05) is 30.3 Å². The van der Waals surface area contributed by atoms with Gasteiger partial charge < -0.3 is 21.1 Å². The molecule has 0 unspecified atom stereocenters. The second-order valence-electron chi connectivity index (χ2n) is 5.36. The molecule has 2 atom stereocenters. The predicted octanol–water partition coefficient (Wildman–Crippen LogP) is 0.315. The van der Waals surface area contributed by atoms with E-state index in [-0.39, 0.29) is 24.3 Å². The summed E-state index contributed by atoms with van der Waals surface area (Å²) >= 11 is 0. The quantitative estimate of drug-likeness (QED) is 0.676. The van der Waals surface area contributed by atoms with Gasteiger partial charge in [-0.3, -0.25) is 9.59 Å². The molecule has 1 aliphatic rings. The molecule has 0 aromatic heterocycles. The van der Waals surface area contributed by atoms with Crippen LogP contribution in [0.15, 0.2) is 30.3 Å². The minimum absolute atomic E-state index is 0.0232. The Morgan fingerprint density at radius 2 is 1.95 bits per heavy atom. The van der Waals surface area contributed by atoms with Crippen molar-refractivity contribution in [2.75, 3.05) is 13.1 Å². The fourth-order valence-electron chi connectivity index (χ4n) is 2.37. The van der Waals surface area contributed by atoms with Crippen molar-refractivity contribution in [3.05, 3.63) is 35.9 Å². The average molecular weight is 305 g/mol. The Morgan fingerprint density at radius 3 is 2.64 bits per heavy atom. The monoisotopic (exact) mass is 305 g/mol. The van der Waals surface area contributed by atoms with Gasteiger partial charge >= 0.3 is 0 Å². The highest BCUT2D eigenvalue weighted by atomic mass is 16.5. The van der Waals surface area contributed by atoms with Crippen LogP contribution in [0.5, 0.6) is 0 Å². The smallest absolute Gasteiger partial charge is 0.249 e. The van der Waals surface area contributed by atoms with Crippen molar-refractivity contribution in [3.8, 4) is 0 Å². The number of amides is 2. The van der Waals surface area contributed by atoms with Crippen molar-refractivity contribution in [2.45, 2.75) is 38.0 Å². The van der Waals surface area contributed by atoms with Crippen molar-refractivity contribution >= 4 is 11.8 Å². The molecule has 0 bridgehead atoms. The fraction of sp³-hybridized carbons (Fsp3) is 0.500. The van der Waals surface area contributed by atoms with Gasteiger partial charge in [-0.05, 0) is 18.4 Å². The van der Waals surface area contributed by atoms with E-state index in [0.717, 1.165) is 12.0 Å². The standard InChI is InChI=1S/C16H23N3O3/c17-10-13-6-7-14(22-13)16(21)18-9-8-15(20)19-11-12-4-2-1-3-5-12/h1-5,13-14H,6-11,17H2,(H,18,21)(H,19,20)/t13-,14+/m1/s1. The average Bonchev–Trinajstić information content (AvgIpc) is 3.03. The largest absolute Gasteiger partial charge is 0.364 e. The summed E-state index contributed by atoms with van der Waals surface area (Å²) < 4.78 is 5.50. The number of hydrogen-bond acceptors (Lipinski definition) is 4. The third kappa shape index (κ3) is 5.13. The van der Waals surface area contributed by atoms with Crippen molar-refractivity contribution in [1.82, 2.24) is 10.6 Å². The molecule has 1 heterocycles. The summed E-state index contributed by atoms with van der Waals surface area (Å²) in [6.45, 7) is 1.25. The highest BCUT2D eigenvalue weighted by Crippen LogP contribution is 2.18. The zero-order chi connectivity index (χ0) is 15.8. The van der Waals surface area contributed by atoms with Gasteiger partial charge in [0.15, 0.2) is 0 Å². The van der Waals surface area contributed by atoms with E-state index in [9.17, 15) is 9.59 Å². The lowest BCUT2D eigenvalue weighted by Gasteiger charge is -2.12. The molecule has 6 nitrogen and oxygen atoms in total. The van der Waals surface area contributed by atoms with Crippen LogP contribution in [0.4, 0.5) is 0 Å². The molecule has 0 saturated carbocycles. The van der Waals surface area contributed by atoms with E-state index in [1.165, 1.54) is 0 Å². The normalized spacial score (nSPS) is 20.6. The molecule has 1 aromatic rings. The molecule has 1 fully saturated rings. The van der Waals surface area contributed by atoms with Crippen LogP contribution in [-0.4, -0.2) is 37.1 Å². The van der Waals surface area contributed by atoms with Crippen LogP contribution in [0.2, 0.25) is 0 Å². The molecule has 6 heteroatoms. The Morgan fingerprint density at radius 1 is 1.18 bits per heavy atom. The third-order valence-electron chi connectivity index (χ3n) is 3.65. The number of benzene rings is 1. The van der Waals surface area contributed by atoms with Gasteiger partial charge in [-0.25, -0.2) is 0 Å². The molecule has 120 valence electrons. The summed E-state index contributed by atoms with van der Waals surface area (Å²) in [6, 6.07) is 9.69. The third-order valence-corrected chi connectivity index (χ3v) is 3.65. The van der Waals surface area contributed by atoms with E-state index in [1.54, 1.807) is 0 Å². The molecule has 22 heavy (non-hydrogen) atoms. The molecule has 2 rings (SSSR count). The molecule has 0 aliphatic carbocycles. The Balaban J connectivity index is 1.60. The summed E-state index contributed by atoms with van der Waals surface area (Å²) in [4.78, 5) is 23.6. The van der Waals surface area contributed by atoms with Crippen molar-refractivity contribution < 1.29 is 14.3 Å². The van der Waals surface area contributed by atoms with Crippen LogP contribution in [0.1, 0.15) is 24.8 Å². The van der Waals surface area contributed by atoms with Crippen molar-refractivity contribution in [3.63, 3.8) is 0 Å². The van der Waals surface area contributed by atoms with Crippen LogP contribution in [0.25, 0.3) is 0 Å². The molecule has 0 radical (unpaired) electrons. The lowest BCUT2D eigenvalue weighted by molar-refractivity contribution is -0.131. The van der Waals surface area contributed by atoms with Gasteiger partial charge in [0.05, 0.1) is 6.10 Å². The first-order chi connectivity index (χ1) is 10.7. The topological polar surface area (TPSA) is 93.5 Å². The molecule has 2 amide bonds. The number of ether oxygens (including phenoxy) is 1. The number of carbonyl (C=O) groups is 2. The molecule has 1 aliphatic heterocycles. The zero-order valence-corrected chi connectivity index (χ0v) is 12.6. The number of rotatable bonds is 7. The summed E-state index contributed by atoms with van der Waals surface area (Å²) in [5.74, 6) is -0.247. The first-order valence-electron chi connectivity index (χ1n) is 7.63. The summed E-state index contributed by atoms with van der Waals surface area (Å²) in [7, 11) is 0. The van der Waals surface area contributed by atoms with Gasteiger partial charge in [-0.15, -0.1) is 0 Å². The van der Waals surface area contributed by atoms with Gasteiger partial charge in [0.1, 0.15) is 6.10 Å².